The van der Waals surface area contributed by atoms with Crippen molar-refractivity contribution in [2.75, 3.05) is 0 Å². The second-order valence-corrected chi connectivity index (χ2v) is 5.53. The Bertz CT molecular complexity index is 768. The van der Waals surface area contributed by atoms with Gasteiger partial charge in [-0.25, -0.2) is 4.68 Å². The highest BCUT2D eigenvalue weighted by atomic mass is 32.1. The van der Waals surface area contributed by atoms with Crippen molar-refractivity contribution in [1.29, 1.82) is 0 Å². The first kappa shape index (κ1) is 12.8. The fourth-order valence-electron chi connectivity index (χ4n) is 2.07. The Hall–Kier alpha value is -2.19. The average molecular weight is 290 g/mol. The van der Waals surface area contributed by atoms with Crippen LogP contribution in [0, 0.1) is 0 Å². The van der Waals surface area contributed by atoms with E-state index in [0.29, 0.717) is 17.8 Å². The number of nitrogens with two attached hydrogens (primary N) is 2. The molecule has 0 spiro atoms. The summed E-state index contributed by atoms with van der Waals surface area (Å²) in [6, 6.07) is -0.000256. The summed E-state index contributed by atoms with van der Waals surface area (Å²) in [4.78, 5) is 16.6. The molecule has 3 heterocycles. The lowest BCUT2D eigenvalue weighted by molar-refractivity contribution is 0.100. The molecule has 3 aromatic rings. The predicted molar refractivity (Wildman–Crippen MR) is 76.1 cm³/mol. The van der Waals surface area contributed by atoms with Crippen molar-refractivity contribution in [1.82, 2.24) is 19.2 Å². The third-order valence-corrected chi connectivity index (χ3v) is 3.70. The standard InChI is InChI=1S/C12H14N6OS/c1-7(13)4-9-11(16-12-17(9)2-3-20-12)18-6-8(5-15-18)10(14)19/h2-3,5-7H,4,13H2,1H3,(H2,14,19). The van der Waals surface area contributed by atoms with Gasteiger partial charge in [0.05, 0.1) is 17.5 Å². The molecule has 7 nitrogen and oxygen atoms in total. The molecule has 0 aliphatic rings. The largest absolute Gasteiger partial charge is 0.366 e. The maximum absolute atomic E-state index is 11.2. The van der Waals surface area contributed by atoms with Crippen LogP contribution in [0.15, 0.2) is 24.0 Å². The van der Waals surface area contributed by atoms with E-state index in [1.165, 1.54) is 17.5 Å². The number of carbonyl (C=O) groups is 1. The lowest BCUT2D eigenvalue weighted by atomic mass is 10.2. The number of rotatable bonds is 4. The van der Waals surface area contributed by atoms with Gasteiger partial charge in [0, 0.05) is 30.2 Å². The van der Waals surface area contributed by atoms with Gasteiger partial charge in [-0.2, -0.15) is 10.1 Å². The molecule has 0 aromatic carbocycles. The van der Waals surface area contributed by atoms with Crippen LogP contribution in [0.4, 0.5) is 0 Å². The molecule has 0 radical (unpaired) electrons. The number of thiazole rings is 1. The van der Waals surface area contributed by atoms with Crippen LogP contribution in [0.5, 0.6) is 0 Å². The van der Waals surface area contributed by atoms with Gasteiger partial charge in [-0.15, -0.1) is 11.3 Å². The molecular formula is C12H14N6OS. The topological polar surface area (TPSA) is 104 Å². The quantitative estimate of drug-likeness (QED) is 0.733. The van der Waals surface area contributed by atoms with Crippen LogP contribution in [0.2, 0.25) is 0 Å². The van der Waals surface area contributed by atoms with E-state index in [9.17, 15) is 4.79 Å². The second kappa shape index (κ2) is 4.73. The molecule has 0 saturated heterocycles. The van der Waals surface area contributed by atoms with E-state index in [4.69, 9.17) is 11.5 Å². The molecular weight excluding hydrogens is 276 g/mol. The molecule has 1 amide bonds. The third kappa shape index (κ3) is 2.08. The minimum Gasteiger partial charge on any atom is -0.366 e. The monoisotopic (exact) mass is 290 g/mol. The summed E-state index contributed by atoms with van der Waals surface area (Å²) >= 11 is 1.54. The highest BCUT2D eigenvalue weighted by Gasteiger charge is 2.17. The van der Waals surface area contributed by atoms with Crippen molar-refractivity contribution in [2.24, 2.45) is 11.5 Å². The lowest BCUT2D eigenvalue weighted by Crippen LogP contribution is -2.20. The van der Waals surface area contributed by atoms with E-state index in [0.717, 1.165) is 10.7 Å². The summed E-state index contributed by atoms with van der Waals surface area (Å²) in [6.45, 7) is 1.94. The van der Waals surface area contributed by atoms with Crippen LogP contribution in [-0.2, 0) is 6.42 Å². The fourth-order valence-corrected chi connectivity index (χ4v) is 2.79. The molecule has 0 fully saturated rings. The van der Waals surface area contributed by atoms with Crippen molar-refractivity contribution < 1.29 is 4.79 Å². The van der Waals surface area contributed by atoms with Crippen molar-refractivity contribution in [3.8, 4) is 5.82 Å². The molecule has 3 aromatic heterocycles. The zero-order valence-corrected chi connectivity index (χ0v) is 11.7. The Balaban J connectivity index is 2.13. The first-order valence-corrected chi connectivity index (χ1v) is 6.99. The summed E-state index contributed by atoms with van der Waals surface area (Å²) < 4.78 is 3.56. The van der Waals surface area contributed by atoms with Crippen molar-refractivity contribution in [2.45, 2.75) is 19.4 Å². The summed E-state index contributed by atoms with van der Waals surface area (Å²) in [5.41, 5.74) is 12.5. The van der Waals surface area contributed by atoms with Crippen LogP contribution in [0.1, 0.15) is 23.0 Å². The van der Waals surface area contributed by atoms with Gasteiger partial charge in [-0.3, -0.25) is 9.20 Å². The number of fused-ring (bicyclic) bond motifs is 1. The first-order chi connectivity index (χ1) is 9.56. The zero-order valence-electron chi connectivity index (χ0n) is 10.9. The molecule has 1 atom stereocenters. The van der Waals surface area contributed by atoms with E-state index < -0.39 is 5.91 Å². The van der Waals surface area contributed by atoms with E-state index in [2.05, 4.69) is 10.1 Å². The van der Waals surface area contributed by atoms with Gasteiger partial charge in [0.15, 0.2) is 10.8 Å². The summed E-state index contributed by atoms with van der Waals surface area (Å²) in [5.74, 6) is 0.174. The Morgan fingerprint density at radius 2 is 2.35 bits per heavy atom. The maximum Gasteiger partial charge on any atom is 0.251 e. The smallest absolute Gasteiger partial charge is 0.251 e. The van der Waals surface area contributed by atoms with Crippen LogP contribution in [0.25, 0.3) is 10.8 Å². The molecule has 0 aliphatic heterocycles. The van der Waals surface area contributed by atoms with Gasteiger partial charge in [0.2, 0.25) is 0 Å². The molecule has 3 rings (SSSR count). The number of carbonyl (C=O) groups excluding carboxylic acids is 1. The van der Waals surface area contributed by atoms with Gasteiger partial charge < -0.3 is 11.5 Å². The van der Waals surface area contributed by atoms with Crippen LogP contribution in [0.3, 0.4) is 0 Å². The van der Waals surface area contributed by atoms with Gasteiger partial charge in [-0.05, 0) is 6.92 Å². The number of nitrogens with zero attached hydrogens (tertiary/aromatic N) is 4. The van der Waals surface area contributed by atoms with E-state index in [1.807, 2.05) is 22.9 Å². The maximum atomic E-state index is 11.2. The van der Waals surface area contributed by atoms with E-state index >= 15 is 0 Å². The predicted octanol–water partition coefficient (Wildman–Crippen LogP) is 0.570. The number of hydrogen-bond donors (Lipinski definition) is 2. The van der Waals surface area contributed by atoms with E-state index in [1.54, 1.807) is 10.9 Å². The van der Waals surface area contributed by atoms with Gasteiger partial charge in [0.25, 0.3) is 5.91 Å². The molecule has 20 heavy (non-hydrogen) atoms. The van der Waals surface area contributed by atoms with Crippen LogP contribution >= 0.6 is 11.3 Å². The molecule has 0 saturated carbocycles. The summed E-state index contributed by atoms with van der Waals surface area (Å²) in [6.07, 6.45) is 5.64. The highest BCUT2D eigenvalue weighted by molar-refractivity contribution is 7.15. The van der Waals surface area contributed by atoms with Crippen molar-refractivity contribution >= 4 is 22.2 Å². The number of amides is 1. The molecule has 1 unspecified atom stereocenters. The Kier molecular flexibility index (Phi) is 3.03. The molecule has 104 valence electrons. The third-order valence-electron chi connectivity index (χ3n) is 2.94. The number of hydrogen-bond acceptors (Lipinski definition) is 5. The number of primary amides is 1. The average Bonchev–Trinajstić information content (AvgIpc) is 3.04. The number of aromatic nitrogens is 4. The first-order valence-electron chi connectivity index (χ1n) is 6.11. The Labute approximate surface area is 118 Å². The molecule has 0 bridgehead atoms. The van der Waals surface area contributed by atoms with Gasteiger partial charge in [-0.1, -0.05) is 0 Å². The van der Waals surface area contributed by atoms with Crippen molar-refractivity contribution in [3.05, 3.63) is 35.2 Å². The van der Waals surface area contributed by atoms with Crippen LogP contribution < -0.4 is 11.5 Å². The SMILES string of the molecule is CC(N)Cc1c(-n2cc(C(N)=O)cn2)nc2sccn12. The summed E-state index contributed by atoms with van der Waals surface area (Å²) in [7, 11) is 0. The number of imidazole rings is 1. The van der Waals surface area contributed by atoms with Crippen LogP contribution in [-0.4, -0.2) is 31.1 Å². The normalized spacial score (nSPS) is 12.9. The van der Waals surface area contributed by atoms with Gasteiger partial charge >= 0.3 is 0 Å². The lowest BCUT2D eigenvalue weighted by Gasteiger charge is -2.06. The van der Waals surface area contributed by atoms with E-state index in [-0.39, 0.29) is 6.04 Å². The Morgan fingerprint density at radius 3 is 3.00 bits per heavy atom. The fraction of sp³-hybridized carbons (Fsp3) is 0.250. The Morgan fingerprint density at radius 1 is 1.55 bits per heavy atom. The molecule has 0 aliphatic carbocycles. The minimum atomic E-state index is -0.508. The highest BCUT2D eigenvalue weighted by Crippen LogP contribution is 2.21. The van der Waals surface area contributed by atoms with Crippen molar-refractivity contribution in [3.63, 3.8) is 0 Å². The molecule has 8 heteroatoms. The zero-order chi connectivity index (χ0) is 14.3. The van der Waals surface area contributed by atoms with Gasteiger partial charge in [0.1, 0.15) is 0 Å². The summed E-state index contributed by atoms with van der Waals surface area (Å²) in [5, 5.41) is 6.12. The molecule has 4 N–H and O–H groups in total. The second-order valence-electron chi connectivity index (χ2n) is 4.66. The minimum absolute atomic E-state index is 0.000256.